The molecule has 5 rings (SSSR count). The number of hydrogen-bond donors (Lipinski definition) is 0. The van der Waals surface area contributed by atoms with Crippen LogP contribution in [0, 0.1) is 13.8 Å². The van der Waals surface area contributed by atoms with E-state index in [1.807, 2.05) is 44.2 Å². The molecule has 10 heteroatoms. The van der Waals surface area contributed by atoms with Gasteiger partial charge < -0.3 is 24.2 Å². The van der Waals surface area contributed by atoms with Crippen molar-refractivity contribution in [3.8, 4) is 5.75 Å². The zero-order chi connectivity index (χ0) is 31.3. The third-order valence-corrected chi connectivity index (χ3v) is 10.1. The summed E-state index contributed by atoms with van der Waals surface area (Å²) in [5.41, 5.74) is 5.56. The van der Waals surface area contributed by atoms with Gasteiger partial charge in [0.15, 0.2) is 9.84 Å². The first kappa shape index (κ1) is 31.5. The highest BCUT2D eigenvalue weighted by Crippen LogP contribution is 2.29. The minimum atomic E-state index is -3.64. The third kappa shape index (κ3) is 7.60. The van der Waals surface area contributed by atoms with Gasteiger partial charge in [-0.15, -0.1) is 0 Å². The number of nitrogens with zero attached hydrogens (tertiary/aromatic N) is 3. The van der Waals surface area contributed by atoms with E-state index in [0.717, 1.165) is 46.8 Å². The van der Waals surface area contributed by atoms with Crippen molar-refractivity contribution < 1.29 is 27.5 Å². The Morgan fingerprint density at radius 2 is 1.66 bits per heavy atom. The molecule has 2 bridgehead atoms. The van der Waals surface area contributed by atoms with Gasteiger partial charge in [-0.1, -0.05) is 18.2 Å². The van der Waals surface area contributed by atoms with Gasteiger partial charge in [-0.2, -0.15) is 0 Å². The van der Waals surface area contributed by atoms with Crippen molar-refractivity contribution in [1.29, 1.82) is 0 Å². The zero-order valence-electron chi connectivity index (χ0n) is 25.8. The predicted octanol–water partition coefficient (Wildman–Crippen LogP) is 3.89. The molecule has 2 amide bonds. The lowest BCUT2D eigenvalue weighted by Crippen LogP contribution is -2.42. The van der Waals surface area contributed by atoms with E-state index in [2.05, 4.69) is 11.0 Å². The second kappa shape index (κ2) is 13.8. The number of carbonyl (C=O) groups excluding carboxylic acids is 2. The van der Waals surface area contributed by atoms with Crippen molar-refractivity contribution in [2.75, 3.05) is 70.2 Å². The maximum Gasteiger partial charge on any atom is 0.253 e. The van der Waals surface area contributed by atoms with Gasteiger partial charge in [-0.3, -0.25) is 9.59 Å². The predicted molar refractivity (Wildman–Crippen MR) is 170 cm³/mol. The van der Waals surface area contributed by atoms with Crippen LogP contribution in [0.25, 0.3) is 0 Å². The SMILES string of the molecule is Cc1ccc(S(=O)(=O)CCC(=O)N2CCOc3ccc(N4CCOCC4)cc3Cc3cccc(c3)C(=O)N(C)CC2)cc1C. The highest BCUT2D eigenvalue weighted by atomic mass is 32.2. The minimum absolute atomic E-state index is 0.132. The average Bonchev–Trinajstić information content (AvgIpc) is 3.03. The van der Waals surface area contributed by atoms with Crippen molar-refractivity contribution in [2.45, 2.75) is 31.6 Å². The van der Waals surface area contributed by atoms with Gasteiger partial charge in [0, 0.05) is 62.9 Å². The number of ether oxygens (including phenoxy) is 2. The second-order valence-corrected chi connectivity index (χ2v) is 13.6. The summed E-state index contributed by atoms with van der Waals surface area (Å²) in [4.78, 5) is 32.5. The number of benzene rings is 3. The van der Waals surface area contributed by atoms with E-state index in [9.17, 15) is 18.0 Å². The molecule has 0 spiro atoms. The molecular formula is C34H41N3O6S. The summed E-state index contributed by atoms with van der Waals surface area (Å²) >= 11 is 0. The van der Waals surface area contributed by atoms with Crippen LogP contribution in [0.3, 0.4) is 0 Å². The highest BCUT2D eigenvalue weighted by Gasteiger charge is 2.23. The third-order valence-electron chi connectivity index (χ3n) is 8.43. The molecule has 1 fully saturated rings. The zero-order valence-corrected chi connectivity index (χ0v) is 26.6. The van der Waals surface area contributed by atoms with Crippen LogP contribution in [0.5, 0.6) is 5.75 Å². The highest BCUT2D eigenvalue weighted by molar-refractivity contribution is 7.91. The molecule has 2 aliphatic heterocycles. The number of hydrogen-bond acceptors (Lipinski definition) is 7. The molecule has 0 atom stereocenters. The number of fused-ring (bicyclic) bond motifs is 3. The summed E-state index contributed by atoms with van der Waals surface area (Å²) in [5, 5.41) is 0. The molecule has 44 heavy (non-hydrogen) atoms. The van der Waals surface area contributed by atoms with Crippen molar-refractivity contribution in [3.63, 3.8) is 0 Å². The number of aryl methyl sites for hydroxylation is 2. The first-order valence-corrected chi connectivity index (χ1v) is 16.8. The molecule has 3 aromatic rings. The van der Waals surface area contributed by atoms with Gasteiger partial charge in [0.1, 0.15) is 12.4 Å². The molecule has 0 aliphatic carbocycles. The molecule has 2 aliphatic rings. The van der Waals surface area contributed by atoms with Crippen LogP contribution in [-0.2, 0) is 25.8 Å². The monoisotopic (exact) mass is 619 g/mol. The van der Waals surface area contributed by atoms with Crippen molar-refractivity contribution in [1.82, 2.24) is 9.80 Å². The van der Waals surface area contributed by atoms with Crippen LogP contribution in [0.2, 0.25) is 0 Å². The van der Waals surface area contributed by atoms with E-state index in [1.54, 1.807) is 41.1 Å². The standard InChI is InChI=1S/C34H41N3O6S/c1-25-7-9-31(21-26(25)2)44(40,41)20-11-33(38)37-13-12-35(3)34(39)28-6-4-5-27(22-28)23-29-24-30(36-14-17-42-18-15-36)8-10-32(29)43-19-16-37/h4-10,21-22,24H,11-20,23H2,1-3H3. The first-order chi connectivity index (χ1) is 21.1. The molecular weight excluding hydrogens is 578 g/mol. The largest absolute Gasteiger partial charge is 0.491 e. The van der Waals surface area contributed by atoms with Gasteiger partial charge >= 0.3 is 0 Å². The molecule has 9 nitrogen and oxygen atoms in total. The Morgan fingerprint density at radius 1 is 0.864 bits per heavy atom. The van der Waals surface area contributed by atoms with Gasteiger partial charge in [-0.05, 0) is 73.0 Å². The number of anilines is 1. The summed E-state index contributed by atoms with van der Waals surface area (Å²) in [7, 11) is -1.92. The van der Waals surface area contributed by atoms with Gasteiger partial charge in [-0.25, -0.2) is 8.42 Å². The minimum Gasteiger partial charge on any atom is -0.491 e. The van der Waals surface area contributed by atoms with Crippen LogP contribution in [0.4, 0.5) is 5.69 Å². The lowest BCUT2D eigenvalue weighted by Gasteiger charge is -2.30. The topological polar surface area (TPSA) is 96.5 Å². The fraction of sp³-hybridized carbons (Fsp3) is 0.412. The number of amides is 2. The first-order valence-electron chi connectivity index (χ1n) is 15.1. The van der Waals surface area contributed by atoms with Gasteiger partial charge in [0.25, 0.3) is 5.91 Å². The number of sulfone groups is 1. The van der Waals surface area contributed by atoms with E-state index < -0.39 is 9.84 Å². The molecule has 234 valence electrons. The maximum absolute atomic E-state index is 13.4. The molecule has 0 aromatic heterocycles. The van der Waals surface area contributed by atoms with Crippen molar-refractivity contribution in [3.05, 3.63) is 88.5 Å². The molecule has 0 unspecified atom stereocenters. The smallest absolute Gasteiger partial charge is 0.253 e. The fourth-order valence-electron chi connectivity index (χ4n) is 5.52. The molecule has 0 saturated carbocycles. The Hall–Kier alpha value is -3.89. The normalized spacial score (nSPS) is 16.6. The van der Waals surface area contributed by atoms with Crippen LogP contribution in [0.15, 0.2) is 65.6 Å². The van der Waals surface area contributed by atoms with Crippen molar-refractivity contribution in [2.24, 2.45) is 0 Å². The Balaban J connectivity index is 1.36. The van der Waals surface area contributed by atoms with Gasteiger partial charge in [0.2, 0.25) is 5.91 Å². The molecule has 1 saturated heterocycles. The molecule has 0 radical (unpaired) electrons. The summed E-state index contributed by atoms with van der Waals surface area (Å²) < 4.78 is 37.9. The molecule has 3 aromatic carbocycles. The number of morpholine rings is 1. The average molecular weight is 620 g/mol. The second-order valence-electron chi connectivity index (χ2n) is 11.5. The van der Waals surface area contributed by atoms with E-state index in [4.69, 9.17) is 9.47 Å². The van der Waals surface area contributed by atoms with E-state index in [0.29, 0.717) is 31.7 Å². The fourth-order valence-corrected chi connectivity index (χ4v) is 6.83. The maximum atomic E-state index is 13.4. The van der Waals surface area contributed by atoms with E-state index in [-0.39, 0.29) is 48.6 Å². The van der Waals surface area contributed by atoms with Gasteiger partial charge in [0.05, 0.1) is 30.4 Å². The number of rotatable bonds is 5. The number of carbonyl (C=O) groups is 2. The lowest BCUT2D eigenvalue weighted by atomic mass is 10.0. The Bertz CT molecular complexity index is 1620. The van der Waals surface area contributed by atoms with Crippen LogP contribution >= 0.6 is 0 Å². The Kier molecular flexibility index (Phi) is 9.90. The molecule has 0 N–H and O–H groups in total. The summed E-state index contributed by atoms with van der Waals surface area (Å²) in [5.74, 6) is 0.00377. The van der Waals surface area contributed by atoms with Crippen molar-refractivity contribution >= 4 is 27.3 Å². The van der Waals surface area contributed by atoms with Crippen LogP contribution < -0.4 is 9.64 Å². The quantitative estimate of drug-likeness (QED) is 0.428. The molecule has 2 heterocycles. The van der Waals surface area contributed by atoms with E-state index in [1.165, 1.54) is 0 Å². The number of likely N-dealkylation sites (N-methyl/N-ethyl adjacent to an activating group) is 1. The lowest BCUT2D eigenvalue weighted by molar-refractivity contribution is -0.131. The summed E-state index contributed by atoms with van der Waals surface area (Å²) in [6.45, 7) is 7.85. The summed E-state index contributed by atoms with van der Waals surface area (Å²) in [6, 6.07) is 18.8. The van der Waals surface area contributed by atoms with E-state index >= 15 is 0 Å². The summed E-state index contributed by atoms with van der Waals surface area (Å²) in [6.07, 6.45) is 0.422. The van der Waals surface area contributed by atoms with Crippen LogP contribution in [0.1, 0.15) is 39.0 Å². The van der Waals surface area contributed by atoms with Crippen LogP contribution in [-0.4, -0.2) is 95.4 Å². The Labute approximate surface area is 260 Å². The Morgan fingerprint density at radius 3 is 2.43 bits per heavy atom.